The van der Waals surface area contributed by atoms with Crippen molar-refractivity contribution in [3.63, 3.8) is 0 Å². The number of aliphatic imine (C=N–C) groups is 1. The maximum absolute atomic E-state index is 12.0. The molecule has 0 aliphatic carbocycles. The van der Waals surface area contributed by atoms with Crippen molar-refractivity contribution in [1.82, 2.24) is 4.90 Å². The molecule has 0 aromatic carbocycles. The number of halogens is 3. The van der Waals surface area contributed by atoms with E-state index < -0.39 is 18.2 Å². The van der Waals surface area contributed by atoms with E-state index in [1.165, 1.54) is 6.92 Å². The number of nitrogens with zero attached hydrogens (tertiary/aromatic N) is 2. The lowest BCUT2D eigenvalue weighted by Crippen LogP contribution is -2.43. The molecule has 6 heteroatoms. The minimum Gasteiger partial charge on any atom is -0.374 e. The van der Waals surface area contributed by atoms with Crippen LogP contribution < -0.4 is 0 Å². The average molecular weight is 184 g/mol. The lowest BCUT2D eigenvalue weighted by Gasteiger charge is -2.24. The van der Waals surface area contributed by atoms with E-state index in [0.717, 1.165) is 14.1 Å². The SMILES string of the molecule is CN=C(N(C)C(C)O)C(F)(F)F. The van der Waals surface area contributed by atoms with Crippen molar-refractivity contribution in [3.05, 3.63) is 0 Å². The minimum absolute atomic E-state index is 0.653. The summed E-state index contributed by atoms with van der Waals surface area (Å²) in [7, 11) is 2.15. The van der Waals surface area contributed by atoms with Gasteiger partial charge in [0.05, 0.1) is 0 Å². The first-order valence-electron chi connectivity index (χ1n) is 3.25. The molecule has 12 heavy (non-hydrogen) atoms. The monoisotopic (exact) mass is 184 g/mol. The standard InChI is InChI=1S/C6H11F3N2O/c1-4(12)11(3)5(10-2)6(7,8)9/h4,12H,1-3H3. The molecular formula is C6H11F3N2O. The van der Waals surface area contributed by atoms with Crippen LogP contribution in [0.1, 0.15) is 6.92 Å². The van der Waals surface area contributed by atoms with Gasteiger partial charge < -0.3 is 10.0 Å². The Labute approximate surface area is 68.5 Å². The first-order chi connectivity index (χ1) is 5.30. The van der Waals surface area contributed by atoms with Gasteiger partial charge in [-0.2, -0.15) is 13.2 Å². The van der Waals surface area contributed by atoms with Crippen molar-refractivity contribution in [2.45, 2.75) is 19.3 Å². The largest absolute Gasteiger partial charge is 0.449 e. The molecule has 3 nitrogen and oxygen atoms in total. The van der Waals surface area contributed by atoms with E-state index in [1.54, 1.807) is 0 Å². The maximum Gasteiger partial charge on any atom is 0.449 e. The van der Waals surface area contributed by atoms with Gasteiger partial charge in [0.25, 0.3) is 0 Å². The van der Waals surface area contributed by atoms with Crippen molar-refractivity contribution in [2.24, 2.45) is 4.99 Å². The summed E-state index contributed by atoms with van der Waals surface area (Å²) in [5.41, 5.74) is 0. The molecule has 0 amide bonds. The molecule has 0 saturated carbocycles. The summed E-state index contributed by atoms with van der Waals surface area (Å²) in [4.78, 5) is 3.69. The van der Waals surface area contributed by atoms with Crippen molar-refractivity contribution >= 4 is 5.84 Å². The van der Waals surface area contributed by atoms with Gasteiger partial charge in [0.1, 0.15) is 6.23 Å². The van der Waals surface area contributed by atoms with E-state index in [4.69, 9.17) is 5.11 Å². The topological polar surface area (TPSA) is 35.8 Å². The summed E-state index contributed by atoms with van der Waals surface area (Å²) in [5, 5.41) is 8.83. The predicted octanol–water partition coefficient (Wildman–Crippen LogP) is 0.847. The zero-order valence-electron chi connectivity index (χ0n) is 7.05. The van der Waals surface area contributed by atoms with E-state index in [9.17, 15) is 13.2 Å². The minimum atomic E-state index is -4.51. The van der Waals surface area contributed by atoms with E-state index in [-0.39, 0.29) is 0 Å². The Morgan fingerprint density at radius 1 is 1.50 bits per heavy atom. The molecular weight excluding hydrogens is 173 g/mol. The van der Waals surface area contributed by atoms with Crippen LogP contribution in [0.15, 0.2) is 4.99 Å². The van der Waals surface area contributed by atoms with Crippen molar-refractivity contribution in [3.8, 4) is 0 Å². The fourth-order valence-electron chi connectivity index (χ4n) is 0.661. The highest BCUT2D eigenvalue weighted by atomic mass is 19.4. The second kappa shape index (κ2) is 3.75. The third kappa shape index (κ3) is 2.69. The molecule has 0 aliphatic heterocycles. The molecule has 0 aromatic heterocycles. The molecule has 0 fully saturated rings. The van der Waals surface area contributed by atoms with Gasteiger partial charge in [0.2, 0.25) is 5.84 Å². The Hall–Kier alpha value is -0.780. The molecule has 1 unspecified atom stereocenters. The molecule has 0 rings (SSSR count). The van der Waals surface area contributed by atoms with Gasteiger partial charge in [-0.05, 0) is 6.92 Å². The molecule has 0 radical (unpaired) electrons. The van der Waals surface area contributed by atoms with E-state index in [1.807, 2.05) is 0 Å². The second-order valence-corrected chi connectivity index (χ2v) is 2.29. The number of aliphatic hydroxyl groups excluding tert-OH is 1. The van der Waals surface area contributed by atoms with Crippen LogP contribution in [0.25, 0.3) is 0 Å². The molecule has 0 saturated heterocycles. The number of hydrogen-bond acceptors (Lipinski definition) is 2. The normalized spacial score (nSPS) is 16.1. The van der Waals surface area contributed by atoms with Crippen molar-refractivity contribution in [1.29, 1.82) is 0 Å². The molecule has 1 N–H and O–H groups in total. The van der Waals surface area contributed by atoms with Crippen LogP contribution in [0, 0.1) is 0 Å². The lowest BCUT2D eigenvalue weighted by atomic mass is 10.4. The first-order valence-corrected chi connectivity index (χ1v) is 3.25. The van der Waals surface area contributed by atoms with Gasteiger partial charge >= 0.3 is 6.18 Å². The first kappa shape index (κ1) is 11.2. The summed E-state index contributed by atoms with van der Waals surface area (Å²) in [6, 6.07) is 0. The van der Waals surface area contributed by atoms with Gasteiger partial charge in [0.15, 0.2) is 0 Å². The Morgan fingerprint density at radius 3 is 2.00 bits per heavy atom. The van der Waals surface area contributed by atoms with Gasteiger partial charge in [0, 0.05) is 14.1 Å². The van der Waals surface area contributed by atoms with Crippen LogP contribution in [0.3, 0.4) is 0 Å². The summed E-state index contributed by atoms with van der Waals surface area (Å²) in [6.45, 7) is 1.23. The summed E-state index contributed by atoms with van der Waals surface area (Å²) in [6.07, 6.45) is -5.72. The van der Waals surface area contributed by atoms with Crippen LogP contribution in [-0.4, -0.2) is 42.3 Å². The molecule has 0 aromatic rings. The zero-order chi connectivity index (χ0) is 9.94. The fraction of sp³-hybridized carbons (Fsp3) is 0.833. The Balaban J connectivity index is 4.60. The quantitative estimate of drug-likeness (QED) is 0.372. The third-order valence-corrected chi connectivity index (χ3v) is 1.36. The molecule has 0 heterocycles. The molecule has 0 bridgehead atoms. The lowest BCUT2D eigenvalue weighted by molar-refractivity contribution is -0.0760. The molecule has 72 valence electrons. The van der Waals surface area contributed by atoms with Crippen molar-refractivity contribution < 1.29 is 18.3 Å². The van der Waals surface area contributed by atoms with Gasteiger partial charge in [-0.1, -0.05) is 0 Å². The Kier molecular flexibility index (Phi) is 3.51. The highest BCUT2D eigenvalue weighted by molar-refractivity contribution is 5.87. The van der Waals surface area contributed by atoms with Crippen LogP contribution in [-0.2, 0) is 0 Å². The van der Waals surface area contributed by atoms with Gasteiger partial charge in [-0.25, -0.2) is 0 Å². The van der Waals surface area contributed by atoms with Gasteiger partial charge in [-0.3, -0.25) is 4.99 Å². The number of amidine groups is 1. The van der Waals surface area contributed by atoms with E-state index in [0.29, 0.717) is 4.90 Å². The highest BCUT2D eigenvalue weighted by Crippen LogP contribution is 2.19. The van der Waals surface area contributed by atoms with Crippen LogP contribution in [0.4, 0.5) is 13.2 Å². The molecule has 0 aliphatic rings. The van der Waals surface area contributed by atoms with Gasteiger partial charge in [-0.15, -0.1) is 0 Å². The number of hydrogen-bond donors (Lipinski definition) is 1. The summed E-state index contributed by atoms with van der Waals surface area (Å²) in [5.74, 6) is -1.09. The maximum atomic E-state index is 12.0. The fourth-order valence-corrected chi connectivity index (χ4v) is 0.661. The summed E-state index contributed by atoms with van der Waals surface area (Å²) < 4.78 is 36.1. The van der Waals surface area contributed by atoms with E-state index >= 15 is 0 Å². The zero-order valence-corrected chi connectivity index (χ0v) is 7.05. The van der Waals surface area contributed by atoms with E-state index in [2.05, 4.69) is 4.99 Å². The molecule has 1 atom stereocenters. The molecule has 0 spiro atoms. The number of rotatable bonds is 1. The Morgan fingerprint density at radius 2 is 1.92 bits per heavy atom. The second-order valence-electron chi connectivity index (χ2n) is 2.29. The highest BCUT2D eigenvalue weighted by Gasteiger charge is 2.39. The predicted molar refractivity (Wildman–Crippen MR) is 38.9 cm³/mol. The van der Waals surface area contributed by atoms with Crippen LogP contribution >= 0.6 is 0 Å². The van der Waals surface area contributed by atoms with Crippen LogP contribution in [0.2, 0.25) is 0 Å². The smallest absolute Gasteiger partial charge is 0.374 e. The third-order valence-electron chi connectivity index (χ3n) is 1.36. The Bertz CT molecular complexity index is 176. The number of alkyl halides is 3. The summed E-state index contributed by atoms with van der Waals surface area (Å²) >= 11 is 0. The van der Waals surface area contributed by atoms with Crippen LogP contribution in [0.5, 0.6) is 0 Å². The number of aliphatic hydroxyl groups is 1. The average Bonchev–Trinajstić information content (AvgIpc) is 1.85. The van der Waals surface area contributed by atoms with Crippen molar-refractivity contribution in [2.75, 3.05) is 14.1 Å².